The van der Waals surface area contributed by atoms with E-state index in [4.69, 9.17) is 23.6 Å². The number of fused-ring (bicyclic) bond motifs is 1. The molecule has 2 aromatic heterocycles. The predicted octanol–water partition coefficient (Wildman–Crippen LogP) is 4.19. The van der Waals surface area contributed by atoms with Crippen LogP contribution in [0.2, 0.25) is 0 Å². The van der Waals surface area contributed by atoms with Gasteiger partial charge in [0.05, 0.1) is 50.4 Å². The maximum absolute atomic E-state index is 13.0. The molecule has 0 saturated carbocycles. The van der Waals surface area contributed by atoms with E-state index in [9.17, 15) is 14.9 Å². The summed E-state index contributed by atoms with van der Waals surface area (Å²) in [6.07, 6.45) is 1.17. The Morgan fingerprint density at radius 2 is 1.77 bits per heavy atom. The zero-order valence-corrected chi connectivity index (χ0v) is 19.0. The zero-order valence-electron chi connectivity index (χ0n) is 19.0. The van der Waals surface area contributed by atoms with Gasteiger partial charge in [0.1, 0.15) is 4.92 Å². The molecule has 0 atom stereocenters. The van der Waals surface area contributed by atoms with Gasteiger partial charge in [-0.3, -0.25) is 14.9 Å². The number of amides is 1. The van der Waals surface area contributed by atoms with Crippen LogP contribution in [-0.2, 0) is 0 Å². The maximum atomic E-state index is 13.0. The van der Waals surface area contributed by atoms with E-state index in [0.717, 1.165) is 0 Å². The first kappa shape index (κ1) is 23.2. The number of hydrogen-bond donors (Lipinski definition) is 1. The van der Waals surface area contributed by atoms with Crippen molar-refractivity contribution in [2.45, 2.75) is 0 Å². The predicted molar refractivity (Wildman–Crippen MR) is 127 cm³/mol. The smallest absolute Gasteiger partial charge is 0.433 e. The summed E-state index contributed by atoms with van der Waals surface area (Å²) >= 11 is 0. The number of carbonyl (C=O) groups excluding carboxylic acids is 1. The number of pyridine rings is 1. The molecular formula is C24H20N4O7. The molecule has 11 nitrogen and oxygen atoms in total. The molecule has 2 heterocycles. The highest BCUT2D eigenvalue weighted by atomic mass is 16.6. The number of hydrazone groups is 1. The molecule has 2 aromatic carbocycles. The van der Waals surface area contributed by atoms with E-state index in [1.54, 1.807) is 36.4 Å². The summed E-state index contributed by atoms with van der Waals surface area (Å²) in [4.78, 5) is 27.8. The number of methoxy groups -OCH3 is 3. The Labute approximate surface area is 199 Å². The minimum Gasteiger partial charge on any atom is -0.493 e. The number of para-hydroxylation sites is 1. The Bertz CT molecular complexity index is 1420. The normalized spacial score (nSPS) is 10.9. The van der Waals surface area contributed by atoms with Crippen LogP contribution < -0.4 is 19.6 Å². The van der Waals surface area contributed by atoms with Crippen LogP contribution in [0.15, 0.2) is 64.1 Å². The van der Waals surface area contributed by atoms with Crippen LogP contribution in [0.5, 0.6) is 17.2 Å². The molecule has 0 aliphatic heterocycles. The van der Waals surface area contributed by atoms with Crippen molar-refractivity contribution in [3.63, 3.8) is 0 Å². The largest absolute Gasteiger partial charge is 0.493 e. The third-order valence-electron chi connectivity index (χ3n) is 5.07. The van der Waals surface area contributed by atoms with Crippen molar-refractivity contribution in [3.8, 4) is 28.5 Å². The van der Waals surface area contributed by atoms with Gasteiger partial charge in [-0.15, -0.1) is 0 Å². The average Bonchev–Trinajstić information content (AvgIpc) is 3.36. The quantitative estimate of drug-likeness (QED) is 0.227. The zero-order chi connectivity index (χ0) is 24.9. The second-order valence-electron chi connectivity index (χ2n) is 7.12. The summed E-state index contributed by atoms with van der Waals surface area (Å²) in [5.41, 5.74) is 4.48. The lowest BCUT2D eigenvalue weighted by Gasteiger charge is -2.15. The highest BCUT2D eigenvalue weighted by Crippen LogP contribution is 2.41. The summed E-state index contributed by atoms with van der Waals surface area (Å²) in [5, 5.41) is 15.2. The molecule has 178 valence electrons. The molecular weight excluding hydrogens is 456 g/mol. The lowest BCUT2D eigenvalue weighted by Crippen LogP contribution is -2.18. The lowest BCUT2D eigenvalue weighted by atomic mass is 10.0. The Morgan fingerprint density at radius 1 is 1.06 bits per heavy atom. The highest BCUT2D eigenvalue weighted by Gasteiger charge is 2.18. The van der Waals surface area contributed by atoms with E-state index in [2.05, 4.69) is 10.5 Å². The van der Waals surface area contributed by atoms with Crippen molar-refractivity contribution in [2.24, 2.45) is 5.10 Å². The minimum atomic E-state index is -0.663. The minimum absolute atomic E-state index is 0.120. The number of benzene rings is 2. The van der Waals surface area contributed by atoms with Crippen molar-refractivity contribution < 1.29 is 28.3 Å². The molecule has 0 aliphatic carbocycles. The third-order valence-corrected chi connectivity index (χ3v) is 5.07. The van der Waals surface area contributed by atoms with Crippen LogP contribution in [-0.4, -0.2) is 43.4 Å². The lowest BCUT2D eigenvalue weighted by molar-refractivity contribution is -0.402. The number of carbonyl (C=O) groups is 1. The van der Waals surface area contributed by atoms with Crippen LogP contribution in [0.3, 0.4) is 0 Å². The molecule has 0 radical (unpaired) electrons. The van der Waals surface area contributed by atoms with Gasteiger partial charge in [-0.05, 0) is 30.3 Å². The molecule has 1 amide bonds. The topological polar surface area (TPSA) is 138 Å². The fourth-order valence-electron chi connectivity index (χ4n) is 3.46. The van der Waals surface area contributed by atoms with E-state index in [0.29, 0.717) is 45.0 Å². The molecule has 0 saturated heterocycles. The van der Waals surface area contributed by atoms with Gasteiger partial charge in [0.25, 0.3) is 5.91 Å². The van der Waals surface area contributed by atoms with Crippen LogP contribution in [0.1, 0.15) is 16.1 Å². The summed E-state index contributed by atoms with van der Waals surface area (Å²) < 4.78 is 21.3. The van der Waals surface area contributed by atoms with Gasteiger partial charge >= 0.3 is 5.88 Å². The van der Waals surface area contributed by atoms with Crippen molar-refractivity contribution in [2.75, 3.05) is 21.3 Å². The molecule has 1 N–H and O–H groups in total. The van der Waals surface area contributed by atoms with Gasteiger partial charge in [-0.25, -0.2) is 10.4 Å². The van der Waals surface area contributed by atoms with E-state index in [1.165, 1.54) is 39.7 Å². The molecule has 0 unspecified atom stereocenters. The standard InChI is InChI=1S/C24H20N4O7/c1-32-20-10-14(11-21(33-2)23(20)34-3)19-12-17(16-6-4-5-7-18(16)26-19)24(29)27-25-13-15-8-9-22(35-15)28(30)31/h4-13H,1-3H3,(H,27,29)/b25-13+. The van der Waals surface area contributed by atoms with Crippen LogP contribution in [0.25, 0.3) is 22.2 Å². The van der Waals surface area contributed by atoms with E-state index in [-0.39, 0.29) is 5.76 Å². The monoisotopic (exact) mass is 476 g/mol. The molecule has 35 heavy (non-hydrogen) atoms. The average molecular weight is 476 g/mol. The molecule has 0 spiro atoms. The number of ether oxygens (including phenoxy) is 3. The Balaban J connectivity index is 1.72. The molecule has 4 aromatic rings. The van der Waals surface area contributed by atoms with Crippen LogP contribution in [0, 0.1) is 10.1 Å². The fourth-order valence-corrected chi connectivity index (χ4v) is 3.46. The first-order valence-corrected chi connectivity index (χ1v) is 10.2. The Kier molecular flexibility index (Phi) is 6.58. The van der Waals surface area contributed by atoms with Crippen LogP contribution >= 0.6 is 0 Å². The van der Waals surface area contributed by atoms with Gasteiger partial charge < -0.3 is 18.6 Å². The number of furan rings is 1. The van der Waals surface area contributed by atoms with Gasteiger partial charge in [0.15, 0.2) is 17.3 Å². The van der Waals surface area contributed by atoms with E-state index >= 15 is 0 Å². The van der Waals surface area contributed by atoms with Gasteiger partial charge in [-0.2, -0.15) is 5.10 Å². The number of nitrogens with zero attached hydrogens (tertiary/aromatic N) is 3. The van der Waals surface area contributed by atoms with E-state index in [1.807, 2.05) is 6.07 Å². The first-order valence-electron chi connectivity index (χ1n) is 10.2. The van der Waals surface area contributed by atoms with Crippen molar-refractivity contribution in [1.82, 2.24) is 10.4 Å². The summed E-state index contributed by atoms with van der Waals surface area (Å²) in [5.74, 6) is 0.516. The molecule has 0 fully saturated rings. The molecule has 11 heteroatoms. The maximum Gasteiger partial charge on any atom is 0.433 e. The van der Waals surface area contributed by atoms with Crippen molar-refractivity contribution in [3.05, 3.63) is 76.0 Å². The molecule has 4 rings (SSSR count). The Morgan fingerprint density at radius 3 is 2.40 bits per heavy atom. The molecule has 0 aliphatic rings. The number of nitro groups is 1. The van der Waals surface area contributed by atoms with Crippen LogP contribution in [0.4, 0.5) is 5.88 Å². The summed E-state index contributed by atoms with van der Waals surface area (Å²) in [6, 6.07) is 14.9. The number of rotatable bonds is 8. The van der Waals surface area contributed by atoms with Gasteiger partial charge in [0.2, 0.25) is 5.75 Å². The number of aromatic nitrogens is 1. The van der Waals surface area contributed by atoms with Gasteiger partial charge in [0, 0.05) is 10.9 Å². The Hall–Kier alpha value is -4.93. The second-order valence-corrected chi connectivity index (χ2v) is 7.12. The highest BCUT2D eigenvalue weighted by molar-refractivity contribution is 6.07. The SMILES string of the molecule is COc1cc(-c2cc(C(=O)N/N=C/c3ccc([N+](=O)[O-])o3)c3ccccc3n2)cc(OC)c1OC. The summed E-state index contributed by atoms with van der Waals surface area (Å²) in [7, 11) is 4.54. The van der Waals surface area contributed by atoms with Gasteiger partial charge in [-0.1, -0.05) is 18.2 Å². The fraction of sp³-hybridized carbons (Fsp3) is 0.125. The third kappa shape index (κ3) is 4.74. The molecule has 0 bridgehead atoms. The second kappa shape index (κ2) is 9.91. The van der Waals surface area contributed by atoms with E-state index < -0.39 is 16.7 Å². The van der Waals surface area contributed by atoms with Crippen molar-refractivity contribution >= 4 is 28.9 Å². The number of hydrogen-bond acceptors (Lipinski definition) is 9. The number of nitrogens with one attached hydrogen (secondary N) is 1. The van der Waals surface area contributed by atoms with Crippen molar-refractivity contribution in [1.29, 1.82) is 0 Å². The first-order chi connectivity index (χ1) is 16.9. The summed E-state index contributed by atoms with van der Waals surface area (Å²) in [6.45, 7) is 0.